The summed E-state index contributed by atoms with van der Waals surface area (Å²) in [5, 5.41) is 3.91. The second kappa shape index (κ2) is 8.41. The quantitative estimate of drug-likeness (QED) is 0.551. The molecule has 2 aromatic carbocycles. The molecule has 144 valence electrons. The van der Waals surface area contributed by atoms with Crippen LogP contribution in [0.4, 0.5) is 5.69 Å². The largest absolute Gasteiger partial charge is 0.293 e. The van der Waals surface area contributed by atoms with Gasteiger partial charge in [0.05, 0.1) is 28.7 Å². The number of carbonyl (C=O) groups is 2. The van der Waals surface area contributed by atoms with E-state index in [0.717, 1.165) is 16.2 Å². The molecule has 0 aliphatic carbocycles. The number of ketones is 1. The minimum Gasteiger partial charge on any atom is -0.293 e. The first-order valence-electron chi connectivity index (χ1n) is 8.26. The lowest BCUT2D eigenvalue weighted by Crippen LogP contribution is -2.36. The smallest absolute Gasteiger partial charge is 0.283 e. The van der Waals surface area contributed by atoms with E-state index in [1.807, 2.05) is 0 Å². The molecule has 0 atom stereocenters. The third kappa shape index (κ3) is 4.32. The Bertz CT molecular complexity index is 1060. The Morgan fingerprint density at radius 3 is 2.29 bits per heavy atom. The van der Waals surface area contributed by atoms with Crippen LogP contribution >= 0.6 is 11.8 Å². The molecule has 7 nitrogen and oxygen atoms in total. The van der Waals surface area contributed by atoms with E-state index in [1.165, 1.54) is 60.5 Å². The first kappa shape index (κ1) is 19.8. The molecule has 0 N–H and O–H groups in total. The molecular formula is C19H17N3O4S2. The van der Waals surface area contributed by atoms with Crippen molar-refractivity contribution in [1.82, 2.24) is 9.89 Å². The summed E-state index contributed by atoms with van der Waals surface area (Å²) < 4.78 is 27.4. The number of nitrogens with zero attached hydrogens (tertiary/aromatic N) is 3. The number of Topliss-reactive ketones (excluding diaryl/α,β-unsaturated/α-hetero) is 1. The molecule has 0 aliphatic rings. The maximum atomic E-state index is 13.2. The van der Waals surface area contributed by atoms with Gasteiger partial charge in [-0.25, -0.2) is 0 Å². The van der Waals surface area contributed by atoms with Gasteiger partial charge in [0.2, 0.25) is 0 Å². The van der Waals surface area contributed by atoms with E-state index in [2.05, 4.69) is 5.10 Å². The van der Waals surface area contributed by atoms with Crippen LogP contribution in [-0.4, -0.2) is 35.0 Å². The molecule has 1 heterocycles. The molecule has 0 saturated heterocycles. The average molecular weight is 415 g/mol. The second-order valence-corrected chi connectivity index (χ2v) is 8.66. The minimum absolute atomic E-state index is 0.0415. The van der Waals surface area contributed by atoms with Crippen LogP contribution < -0.4 is 4.41 Å². The monoisotopic (exact) mass is 415 g/mol. The maximum Gasteiger partial charge on any atom is 0.283 e. The standard InChI is InChI=1S/C19H17N3O4S2/c1-15(23)27-14-19(24)16-8-10-17(11-9-16)22(21-13-5-12-20-21)28(25,26)18-6-3-2-4-7-18/h2-13H,14H2,1H3. The molecule has 0 saturated carbocycles. The Labute approximate surface area is 167 Å². The third-order valence-electron chi connectivity index (χ3n) is 3.76. The zero-order valence-electron chi connectivity index (χ0n) is 14.9. The molecule has 28 heavy (non-hydrogen) atoms. The molecule has 0 spiro atoms. The Hall–Kier alpha value is -2.91. The summed E-state index contributed by atoms with van der Waals surface area (Å²) in [7, 11) is -3.93. The number of hydrogen-bond acceptors (Lipinski definition) is 6. The van der Waals surface area contributed by atoms with Crippen molar-refractivity contribution in [3.05, 3.63) is 78.6 Å². The number of anilines is 1. The van der Waals surface area contributed by atoms with Crippen LogP contribution in [-0.2, 0) is 14.8 Å². The third-order valence-corrected chi connectivity index (χ3v) is 6.28. The van der Waals surface area contributed by atoms with Crippen LogP contribution in [0.3, 0.4) is 0 Å². The van der Waals surface area contributed by atoms with Gasteiger partial charge in [-0.15, -0.1) is 0 Å². The van der Waals surface area contributed by atoms with Gasteiger partial charge in [0.1, 0.15) is 0 Å². The zero-order chi connectivity index (χ0) is 20.1. The van der Waals surface area contributed by atoms with Gasteiger partial charge >= 0.3 is 0 Å². The summed E-state index contributed by atoms with van der Waals surface area (Å²) in [4.78, 5) is 24.5. The highest BCUT2D eigenvalue weighted by Crippen LogP contribution is 2.25. The first-order chi connectivity index (χ1) is 13.4. The molecule has 0 bridgehead atoms. The van der Waals surface area contributed by atoms with Crippen LogP contribution in [0, 0.1) is 0 Å². The van der Waals surface area contributed by atoms with Gasteiger partial charge in [-0.2, -0.15) is 22.7 Å². The van der Waals surface area contributed by atoms with Crippen molar-refractivity contribution in [3.8, 4) is 0 Å². The van der Waals surface area contributed by atoms with Crippen molar-refractivity contribution < 1.29 is 18.0 Å². The molecule has 1 aromatic heterocycles. The van der Waals surface area contributed by atoms with E-state index in [-0.39, 0.29) is 21.5 Å². The first-order valence-corrected chi connectivity index (χ1v) is 10.7. The molecule has 9 heteroatoms. The molecule has 3 aromatic rings. The second-order valence-electron chi connectivity index (χ2n) is 5.74. The number of rotatable bonds is 7. The van der Waals surface area contributed by atoms with Gasteiger partial charge in [0.15, 0.2) is 10.9 Å². The molecular weight excluding hydrogens is 398 g/mol. The van der Waals surface area contributed by atoms with Crippen molar-refractivity contribution in [1.29, 1.82) is 0 Å². The normalized spacial score (nSPS) is 11.2. The number of thioether (sulfide) groups is 1. The lowest BCUT2D eigenvalue weighted by molar-refractivity contribution is -0.109. The number of benzene rings is 2. The van der Waals surface area contributed by atoms with Gasteiger partial charge in [0.25, 0.3) is 10.0 Å². The number of hydrogen-bond donors (Lipinski definition) is 0. The highest BCUT2D eigenvalue weighted by atomic mass is 32.2. The van der Waals surface area contributed by atoms with E-state index in [9.17, 15) is 18.0 Å². The van der Waals surface area contributed by atoms with Gasteiger partial charge in [-0.3, -0.25) is 9.59 Å². The van der Waals surface area contributed by atoms with Crippen molar-refractivity contribution in [2.75, 3.05) is 10.2 Å². The van der Waals surface area contributed by atoms with E-state index < -0.39 is 10.0 Å². The van der Waals surface area contributed by atoms with Crippen LogP contribution in [0.5, 0.6) is 0 Å². The predicted octanol–water partition coefficient (Wildman–Crippen LogP) is 3.00. The van der Waals surface area contributed by atoms with Crippen LogP contribution in [0.15, 0.2) is 78.0 Å². The van der Waals surface area contributed by atoms with Gasteiger partial charge in [0, 0.05) is 12.5 Å². The minimum atomic E-state index is -3.93. The average Bonchev–Trinajstić information content (AvgIpc) is 3.21. The molecule has 0 amide bonds. The summed E-state index contributed by atoms with van der Waals surface area (Å²) in [6.07, 6.45) is 2.99. The Balaban J connectivity index is 1.97. The zero-order valence-corrected chi connectivity index (χ0v) is 16.6. The summed E-state index contributed by atoms with van der Waals surface area (Å²) >= 11 is 0.935. The van der Waals surface area contributed by atoms with Gasteiger partial charge in [-0.1, -0.05) is 30.0 Å². The van der Waals surface area contributed by atoms with Crippen LogP contribution in [0.1, 0.15) is 17.3 Å². The molecule has 0 unspecified atom stereocenters. The lowest BCUT2D eigenvalue weighted by atomic mass is 10.1. The van der Waals surface area contributed by atoms with E-state index in [0.29, 0.717) is 11.3 Å². The van der Waals surface area contributed by atoms with Crippen molar-refractivity contribution in [3.63, 3.8) is 0 Å². The summed E-state index contributed by atoms with van der Waals surface area (Å²) in [5.74, 6) is -0.164. The molecule has 3 rings (SSSR count). The lowest BCUT2D eigenvalue weighted by Gasteiger charge is -2.24. The number of aromatic nitrogens is 2. The topological polar surface area (TPSA) is 89.3 Å². The van der Waals surface area contributed by atoms with Crippen LogP contribution in [0.25, 0.3) is 0 Å². The van der Waals surface area contributed by atoms with E-state index in [1.54, 1.807) is 24.3 Å². The van der Waals surface area contributed by atoms with E-state index in [4.69, 9.17) is 0 Å². The molecule has 0 aliphatic heterocycles. The van der Waals surface area contributed by atoms with Gasteiger partial charge < -0.3 is 0 Å². The molecule has 0 radical (unpaired) electrons. The number of carbonyl (C=O) groups excluding carboxylic acids is 2. The van der Waals surface area contributed by atoms with E-state index >= 15 is 0 Å². The summed E-state index contributed by atoms with van der Waals surface area (Å²) in [6.45, 7) is 1.40. The molecule has 0 fully saturated rings. The predicted molar refractivity (Wildman–Crippen MR) is 108 cm³/mol. The van der Waals surface area contributed by atoms with Crippen molar-refractivity contribution in [2.45, 2.75) is 11.8 Å². The number of sulfonamides is 1. The fourth-order valence-electron chi connectivity index (χ4n) is 2.45. The summed E-state index contributed by atoms with van der Waals surface area (Å²) in [6, 6.07) is 15.8. The summed E-state index contributed by atoms with van der Waals surface area (Å²) in [5.41, 5.74) is 0.721. The maximum absolute atomic E-state index is 13.2. The SMILES string of the molecule is CC(=O)SCC(=O)c1ccc(N(n2cccn2)S(=O)(=O)c2ccccc2)cc1. The fourth-order valence-corrected chi connectivity index (χ4v) is 4.37. The highest BCUT2D eigenvalue weighted by Gasteiger charge is 2.27. The fraction of sp³-hybridized carbons (Fsp3) is 0.105. The van der Waals surface area contributed by atoms with Crippen molar-refractivity contribution in [2.24, 2.45) is 0 Å². The van der Waals surface area contributed by atoms with Gasteiger partial charge in [-0.05, 0) is 42.5 Å². The highest BCUT2D eigenvalue weighted by molar-refractivity contribution is 8.14. The Morgan fingerprint density at radius 1 is 1.04 bits per heavy atom. The Kier molecular flexibility index (Phi) is 5.96. The Morgan fingerprint density at radius 2 is 1.71 bits per heavy atom. The van der Waals surface area contributed by atoms with Crippen molar-refractivity contribution >= 4 is 38.4 Å². The van der Waals surface area contributed by atoms with Crippen LogP contribution in [0.2, 0.25) is 0 Å².